The Hall–Kier alpha value is -2.97. The topological polar surface area (TPSA) is 97.4 Å². The van der Waals surface area contributed by atoms with Crippen LogP contribution in [0.2, 0.25) is 0 Å². The van der Waals surface area contributed by atoms with Gasteiger partial charge in [-0.05, 0) is 6.07 Å². The lowest BCUT2D eigenvalue weighted by Gasteiger charge is -2.21. The van der Waals surface area contributed by atoms with Gasteiger partial charge in [0.15, 0.2) is 11.5 Å². The van der Waals surface area contributed by atoms with Crippen LogP contribution in [0.3, 0.4) is 0 Å². The molecule has 9 nitrogen and oxygen atoms in total. The van der Waals surface area contributed by atoms with Gasteiger partial charge in [0.1, 0.15) is 25.0 Å². The molecule has 9 heteroatoms. The summed E-state index contributed by atoms with van der Waals surface area (Å²) < 4.78 is 16.4. The van der Waals surface area contributed by atoms with Gasteiger partial charge in [0.2, 0.25) is 5.91 Å². The molecular formula is C17H21N3O6. The summed E-state index contributed by atoms with van der Waals surface area (Å²) in [6.45, 7) is 1.14. The standard InChI is InChI=1S/C17H21N3O6/c1-19-11(16(22)20(2)17(19)23)7-15(21)18-9-10-6-13-14(8-12(10)24-3)26-5-4-25-13/h6,8,11H,4-5,7,9H2,1-3H3,(H,18,21)/t11-/m0/s1. The molecule has 0 bridgehead atoms. The van der Waals surface area contributed by atoms with Crippen LogP contribution in [0.15, 0.2) is 12.1 Å². The fourth-order valence-corrected chi connectivity index (χ4v) is 2.96. The molecule has 0 aromatic heterocycles. The van der Waals surface area contributed by atoms with E-state index in [-0.39, 0.29) is 24.8 Å². The number of hydrogen-bond acceptors (Lipinski definition) is 6. The lowest BCUT2D eigenvalue weighted by Crippen LogP contribution is -2.37. The highest BCUT2D eigenvalue weighted by molar-refractivity contribution is 6.05. The SMILES string of the molecule is COc1cc2c(cc1CNC(=O)C[C@H]1C(=O)N(C)C(=O)N1C)OCCO2. The first-order chi connectivity index (χ1) is 12.4. The Kier molecular flexibility index (Phi) is 4.88. The molecule has 0 spiro atoms. The summed E-state index contributed by atoms with van der Waals surface area (Å²) in [6.07, 6.45) is -0.0989. The van der Waals surface area contributed by atoms with Crippen LogP contribution in [0.25, 0.3) is 0 Å². The lowest BCUT2D eigenvalue weighted by molar-refractivity contribution is -0.131. The smallest absolute Gasteiger partial charge is 0.326 e. The number of ether oxygens (including phenoxy) is 3. The van der Waals surface area contributed by atoms with Gasteiger partial charge in [0, 0.05) is 32.3 Å². The maximum absolute atomic E-state index is 12.2. The van der Waals surface area contributed by atoms with Crippen LogP contribution in [0.5, 0.6) is 17.2 Å². The summed E-state index contributed by atoms with van der Waals surface area (Å²) in [5, 5.41) is 2.75. The molecule has 1 aromatic rings. The first kappa shape index (κ1) is 17.8. The number of carbonyl (C=O) groups is 3. The number of fused-ring (bicyclic) bond motifs is 1. The number of nitrogens with zero attached hydrogens (tertiary/aromatic N) is 2. The van der Waals surface area contributed by atoms with Gasteiger partial charge < -0.3 is 24.4 Å². The number of imide groups is 1. The van der Waals surface area contributed by atoms with Gasteiger partial charge in [-0.25, -0.2) is 4.79 Å². The minimum Gasteiger partial charge on any atom is -0.496 e. The number of benzene rings is 1. The van der Waals surface area contributed by atoms with Crippen molar-refractivity contribution in [1.29, 1.82) is 0 Å². The molecule has 2 heterocycles. The summed E-state index contributed by atoms with van der Waals surface area (Å²) in [4.78, 5) is 38.3. The van der Waals surface area contributed by atoms with E-state index in [0.29, 0.717) is 30.5 Å². The Labute approximate surface area is 150 Å². The zero-order chi connectivity index (χ0) is 18.8. The van der Waals surface area contributed by atoms with E-state index < -0.39 is 12.1 Å². The quantitative estimate of drug-likeness (QED) is 0.759. The summed E-state index contributed by atoms with van der Waals surface area (Å²) in [5.41, 5.74) is 0.726. The van der Waals surface area contributed by atoms with Gasteiger partial charge in [0.05, 0.1) is 13.5 Å². The minimum absolute atomic E-state index is 0.0989. The van der Waals surface area contributed by atoms with Crippen LogP contribution in [0.4, 0.5) is 4.79 Å². The highest BCUT2D eigenvalue weighted by Gasteiger charge is 2.41. The molecule has 1 fully saturated rings. The van der Waals surface area contributed by atoms with Crippen LogP contribution in [-0.4, -0.2) is 68.1 Å². The number of likely N-dealkylation sites (N-methyl/N-ethyl adjacent to an activating group) is 2. The third-order valence-corrected chi connectivity index (χ3v) is 4.47. The van der Waals surface area contributed by atoms with Gasteiger partial charge in [-0.1, -0.05) is 0 Å². The Morgan fingerprint density at radius 1 is 1.23 bits per heavy atom. The fraction of sp³-hybridized carbons (Fsp3) is 0.471. The molecular weight excluding hydrogens is 342 g/mol. The molecule has 140 valence electrons. The Balaban J connectivity index is 1.64. The molecule has 2 aliphatic heterocycles. The number of carbonyl (C=O) groups excluding carboxylic acids is 3. The minimum atomic E-state index is -0.783. The second-order valence-corrected chi connectivity index (χ2v) is 6.10. The molecule has 1 atom stereocenters. The first-order valence-corrected chi connectivity index (χ1v) is 8.20. The van der Waals surface area contributed by atoms with E-state index in [1.807, 2.05) is 0 Å². The van der Waals surface area contributed by atoms with E-state index >= 15 is 0 Å². The predicted octanol–water partition coefficient (Wildman–Crippen LogP) is 0.365. The van der Waals surface area contributed by atoms with Crippen molar-refractivity contribution in [3.8, 4) is 17.2 Å². The number of urea groups is 1. The van der Waals surface area contributed by atoms with E-state index in [1.54, 1.807) is 12.1 Å². The fourth-order valence-electron chi connectivity index (χ4n) is 2.96. The van der Waals surface area contributed by atoms with Crippen molar-refractivity contribution < 1.29 is 28.6 Å². The van der Waals surface area contributed by atoms with Crippen molar-refractivity contribution in [3.63, 3.8) is 0 Å². The number of rotatable bonds is 5. The Bertz CT molecular complexity index is 750. The molecule has 0 aliphatic carbocycles. The molecule has 0 saturated carbocycles. The molecule has 1 aromatic carbocycles. The molecule has 3 rings (SSSR count). The molecule has 26 heavy (non-hydrogen) atoms. The second-order valence-electron chi connectivity index (χ2n) is 6.10. The van der Waals surface area contributed by atoms with Crippen LogP contribution < -0.4 is 19.5 Å². The molecule has 0 unspecified atom stereocenters. The van der Waals surface area contributed by atoms with Crippen LogP contribution in [0, 0.1) is 0 Å². The van der Waals surface area contributed by atoms with E-state index in [9.17, 15) is 14.4 Å². The number of nitrogens with one attached hydrogen (secondary N) is 1. The largest absolute Gasteiger partial charge is 0.496 e. The molecule has 1 N–H and O–H groups in total. The van der Waals surface area contributed by atoms with Crippen molar-refractivity contribution in [3.05, 3.63) is 17.7 Å². The van der Waals surface area contributed by atoms with Crippen LogP contribution in [0.1, 0.15) is 12.0 Å². The van der Waals surface area contributed by atoms with Gasteiger partial charge in [-0.2, -0.15) is 0 Å². The maximum atomic E-state index is 12.2. The second kappa shape index (κ2) is 7.11. The van der Waals surface area contributed by atoms with Crippen LogP contribution in [-0.2, 0) is 16.1 Å². The van der Waals surface area contributed by atoms with Gasteiger partial charge in [-0.15, -0.1) is 0 Å². The molecule has 2 aliphatic rings. The van der Waals surface area contributed by atoms with Gasteiger partial charge in [-0.3, -0.25) is 14.5 Å². The lowest BCUT2D eigenvalue weighted by atomic mass is 10.1. The van der Waals surface area contributed by atoms with E-state index in [4.69, 9.17) is 14.2 Å². The maximum Gasteiger partial charge on any atom is 0.326 e. The van der Waals surface area contributed by atoms with Crippen LogP contribution >= 0.6 is 0 Å². The third kappa shape index (κ3) is 3.24. The Morgan fingerprint density at radius 3 is 2.46 bits per heavy atom. The van der Waals surface area contributed by atoms with Gasteiger partial charge in [0.25, 0.3) is 5.91 Å². The number of methoxy groups -OCH3 is 1. The van der Waals surface area contributed by atoms with Crippen molar-refractivity contribution >= 4 is 17.8 Å². The molecule has 0 radical (unpaired) electrons. The van der Waals surface area contributed by atoms with Gasteiger partial charge >= 0.3 is 6.03 Å². The summed E-state index contributed by atoms with van der Waals surface area (Å²) in [6, 6.07) is 2.28. The van der Waals surface area contributed by atoms with Crippen molar-refractivity contribution in [2.75, 3.05) is 34.4 Å². The zero-order valence-corrected chi connectivity index (χ0v) is 14.9. The Morgan fingerprint density at radius 2 is 1.88 bits per heavy atom. The summed E-state index contributed by atoms with van der Waals surface area (Å²) in [7, 11) is 4.44. The van der Waals surface area contributed by atoms with E-state index in [2.05, 4.69) is 5.32 Å². The monoisotopic (exact) mass is 363 g/mol. The van der Waals surface area contributed by atoms with E-state index in [1.165, 1.54) is 26.1 Å². The molecule has 1 saturated heterocycles. The normalized spacial score (nSPS) is 19.0. The van der Waals surface area contributed by atoms with Crippen molar-refractivity contribution in [2.24, 2.45) is 0 Å². The highest BCUT2D eigenvalue weighted by Crippen LogP contribution is 2.36. The number of hydrogen-bond donors (Lipinski definition) is 1. The number of amides is 4. The molecule has 4 amide bonds. The first-order valence-electron chi connectivity index (χ1n) is 8.20. The van der Waals surface area contributed by atoms with E-state index in [0.717, 1.165) is 10.5 Å². The zero-order valence-electron chi connectivity index (χ0n) is 14.9. The van der Waals surface area contributed by atoms with Crippen molar-refractivity contribution in [1.82, 2.24) is 15.1 Å². The third-order valence-electron chi connectivity index (χ3n) is 4.47. The average molecular weight is 363 g/mol. The summed E-state index contributed by atoms with van der Waals surface area (Å²) >= 11 is 0. The average Bonchev–Trinajstić information content (AvgIpc) is 2.83. The predicted molar refractivity (Wildman–Crippen MR) is 90.2 cm³/mol. The summed E-state index contributed by atoms with van der Waals surface area (Å²) in [5.74, 6) is 1.04. The highest BCUT2D eigenvalue weighted by atomic mass is 16.6. The van der Waals surface area contributed by atoms with Crippen molar-refractivity contribution in [2.45, 2.75) is 19.0 Å².